The zero-order chi connectivity index (χ0) is 17.1. The van der Waals surface area contributed by atoms with Crippen LogP contribution >= 0.6 is 27.7 Å². The van der Waals surface area contributed by atoms with Gasteiger partial charge < -0.3 is 10.4 Å². The third-order valence-corrected chi connectivity index (χ3v) is 4.27. The fraction of sp³-hybridized carbons (Fsp3) is 0.167. The third-order valence-electron chi connectivity index (χ3n) is 2.62. The topological polar surface area (TPSA) is 91.1 Å². The molecule has 122 valence electrons. The lowest BCUT2D eigenvalue weighted by Gasteiger charge is -2.01. The van der Waals surface area contributed by atoms with E-state index in [1.54, 1.807) is 0 Å². The standard InChI is InChI=1S/C12H7BrF3N3O3S/c13-5-1-6(14)4(9(15)10(5)16)3-17-19-12-18-11(22)7(23-12)2-8(20)21/h1,3,7H,2H2,(H,20,21)(H,18,19,22). The van der Waals surface area contributed by atoms with Crippen LogP contribution in [0.2, 0.25) is 0 Å². The number of hydrogen-bond donors (Lipinski definition) is 2. The van der Waals surface area contributed by atoms with E-state index in [0.717, 1.165) is 17.8 Å². The van der Waals surface area contributed by atoms with Crippen molar-refractivity contribution in [1.29, 1.82) is 0 Å². The van der Waals surface area contributed by atoms with Crippen molar-refractivity contribution in [1.82, 2.24) is 5.32 Å². The van der Waals surface area contributed by atoms with Crippen molar-refractivity contribution in [2.45, 2.75) is 11.7 Å². The summed E-state index contributed by atoms with van der Waals surface area (Å²) in [5, 5.41) is 16.9. The van der Waals surface area contributed by atoms with E-state index in [-0.39, 0.29) is 9.64 Å². The number of carboxylic acid groups (broad SMARTS) is 1. The molecule has 1 aromatic rings. The molecule has 1 aromatic carbocycles. The van der Waals surface area contributed by atoms with E-state index >= 15 is 0 Å². The number of carbonyl (C=O) groups is 2. The summed E-state index contributed by atoms with van der Waals surface area (Å²) in [4.78, 5) is 22.0. The number of hydrogen-bond acceptors (Lipinski definition) is 5. The van der Waals surface area contributed by atoms with Gasteiger partial charge in [0.25, 0.3) is 0 Å². The molecule has 0 saturated carbocycles. The normalized spacial score (nSPS) is 19.6. The summed E-state index contributed by atoms with van der Waals surface area (Å²) in [5.41, 5.74) is -0.730. The molecule has 1 saturated heterocycles. The van der Waals surface area contributed by atoms with Gasteiger partial charge in [-0.25, -0.2) is 13.2 Å². The molecule has 23 heavy (non-hydrogen) atoms. The predicted molar refractivity (Wildman–Crippen MR) is 80.8 cm³/mol. The summed E-state index contributed by atoms with van der Waals surface area (Å²) >= 11 is 3.48. The summed E-state index contributed by atoms with van der Waals surface area (Å²) in [5.74, 6) is -5.47. The van der Waals surface area contributed by atoms with Crippen LogP contribution in [0.15, 0.2) is 20.7 Å². The zero-order valence-corrected chi connectivity index (χ0v) is 13.4. The average molecular weight is 410 g/mol. The molecule has 1 amide bonds. The fourth-order valence-corrected chi connectivity index (χ4v) is 2.87. The van der Waals surface area contributed by atoms with E-state index < -0.39 is 46.6 Å². The van der Waals surface area contributed by atoms with Crippen LogP contribution in [0.5, 0.6) is 0 Å². The maximum absolute atomic E-state index is 13.6. The quantitative estimate of drug-likeness (QED) is 0.345. The number of carbonyl (C=O) groups excluding carboxylic acids is 1. The first-order valence-corrected chi connectivity index (χ1v) is 7.60. The highest BCUT2D eigenvalue weighted by Gasteiger charge is 2.32. The molecule has 1 aliphatic rings. The van der Waals surface area contributed by atoms with Crippen molar-refractivity contribution >= 4 is 51.0 Å². The second-order valence-electron chi connectivity index (χ2n) is 4.23. The van der Waals surface area contributed by atoms with Crippen molar-refractivity contribution in [3.05, 3.63) is 33.6 Å². The second-order valence-corrected chi connectivity index (χ2v) is 6.27. The van der Waals surface area contributed by atoms with E-state index in [2.05, 4.69) is 31.4 Å². The highest BCUT2D eigenvalue weighted by molar-refractivity contribution is 9.10. The number of thioether (sulfide) groups is 1. The monoisotopic (exact) mass is 409 g/mol. The molecule has 0 bridgehead atoms. The van der Waals surface area contributed by atoms with Crippen molar-refractivity contribution in [2.24, 2.45) is 10.2 Å². The summed E-state index contributed by atoms with van der Waals surface area (Å²) in [7, 11) is 0. The molecule has 0 aliphatic carbocycles. The molecule has 11 heteroatoms. The van der Waals surface area contributed by atoms with Crippen LogP contribution in [-0.2, 0) is 9.59 Å². The Balaban J connectivity index is 2.15. The number of benzene rings is 1. The molecule has 2 rings (SSSR count). The molecule has 6 nitrogen and oxygen atoms in total. The Morgan fingerprint density at radius 2 is 2.13 bits per heavy atom. The number of halogens is 4. The predicted octanol–water partition coefficient (Wildman–Crippen LogP) is 2.26. The maximum Gasteiger partial charge on any atom is 0.305 e. The first kappa shape index (κ1) is 17.5. The Kier molecular flexibility index (Phi) is 5.42. The van der Waals surface area contributed by atoms with Crippen LogP contribution in [0.25, 0.3) is 0 Å². The smallest absolute Gasteiger partial charge is 0.305 e. The van der Waals surface area contributed by atoms with Crippen LogP contribution in [0.3, 0.4) is 0 Å². The van der Waals surface area contributed by atoms with Crippen LogP contribution in [0.4, 0.5) is 13.2 Å². The Morgan fingerprint density at radius 1 is 1.43 bits per heavy atom. The van der Waals surface area contributed by atoms with Gasteiger partial charge >= 0.3 is 5.97 Å². The molecular formula is C12H7BrF3N3O3S. The molecule has 1 fully saturated rings. The molecule has 0 spiro atoms. The average Bonchev–Trinajstić information content (AvgIpc) is 2.80. The molecule has 2 N–H and O–H groups in total. The van der Waals surface area contributed by atoms with E-state index in [1.807, 2.05) is 0 Å². The summed E-state index contributed by atoms with van der Waals surface area (Å²) in [6, 6.07) is 0.738. The highest BCUT2D eigenvalue weighted by Crippen LogP contribution is 2.24. The summed E-state index contributed by atoms with van der Waals surface area (Å²) in [6.45, 7) is 0. The van der Waals surface area contributed by atoms with Gasteiger partial charge in [-0.05, 0) is 22.0 Å². The minimum absolute atomic E-state index is 0.0177. The first-order valence-electron chi connectivity index (χ1n) is 5.93. The van der Waals surface area contributed by atoms with Crippen molar-refractivity contribution in [2.75, 3.05) is 0 Å². The van der Waals surface area contributed by atoms with Crippen molar-refractivity contribution < 1.29 is 27.9 Å². The number of amidine groups is 1. The number of nitrogens with one attached hydrogen (secondary N) is 1. The van der Waals surface area contributed by atoms with Gasteiger partial charge in [-0.15, -0.1) is 5.10 Å². The van der Waals surface area contributed by atoms with Gasteiger partial charge in [0.05, 0.1) is 22.7 Å². The first-order chi connectivity index (χ1) is 10.8. The maximum atomic E-state index is 13.6. The molecule has 1 aliphatic heterocycles. The SMILES string of the molecule is O=C(O)CC1SC(=NN=Cc2c(F)cc(Br)c(F)c2F)NC1=O. The molecule has 0 aromatic heterocycles. The van der Waals surface area contributed by atoms with Gasteiger partial charge in [-0.2, -0.15) is 5.10 Å². The lowest BCUT2D eigenvalue weighted by atomic mass is 10.2. The van der Waals surface area contributed by atoms with E-state index in [9.17, 15) is 22.8 Å². The van der Waals surface area contributed by atoms with E-state index in [1.165, 1.54) is 0 Å². The van der Waals surface area contributed by atoms with Gasteiger partial charge in [0.15, 0.2) is 16.8 Å². The van der Waals surface area contributed by atoms with Crippen LogP contribution in [-0.4, -0.2) is 33.6 Å². The molecule has 0 radical (unpaired) electrons. The van der Waals surface area contributed by atoms with Gasteiger partial charge in [0, 0.05) is 0 Å². The second kappa shape index (κ2) is 7.13. The van der Waals surface area contributed by atoms with Crippen LogP contribution in [0, 0.1) is 17.5 Å². The Labute approximate surface area is 140 Å². The van der Waals surface area contributed by atoms with E-state index in [0.29, 0.717) is 6.21 Å². The summed E-state index contributed by atoms with van der Waals surface area (Å²) in [6.07, 6.45) is 0.255. The van der Waals surface area contributed by atoms with Gasteiger partial charge in [-0.1, -0.05) is 11.8 Å². The van der Waals surface area contributed by atoms with E-state index in [4.69, 9.17) is 5.11 Å². The Hall–Kier alpha value is -1.88. The lowest BCUT2D eigenvalue weighted by Crippen LogP contribution is -2.26. The van der Waals surface area contributed by atoms with Gasteiger partial charge in [0.2, 0.25) is 5.91 Å². The minimum atomic E-state index is -1.44. The molecule has 1 unspecified atom stereocenters. The zero-order valence-electron chi connectivity index (χ0n) is 11.0. The highest BCUT2D eigenvalue weighted by atomic mass is 79.9. The number of nitrogens with zero attached hydrogens (tertiary/aromatic N) is 2. The lowest BCUT2D eigenvalue weighted by molar-refractivity contribution is -0.138. The van der Waals surface area contributed by atoms with Gasteiger partial charge in [0.1, 0.15) is 11.1 Å². The molecule has 1 atom stereocenters. The number of aliphatic carboxylic acids is 1. The molecule has 1 heterocycles. The summed E-state index contributed by atoms with van der Waals surface area (Å²) < 4.78 is 40.1. The Morgan fingerprint density at radius 3 is 2.78 bits per heavy atom. The molecular weight excluding hydrogens is 403 g/mol. The van der Waals surface area contributed by atoms with Crippen LogP contribution in [0.1, 0.15) is 12.0 Å². The Bertz CT molecular complexity index is 742. The fourth-order valence-electron chi connectivity index (χ4n) is 1.58. The van der Waals surface area contributed by atoms with Crippen molar-refractivity contribution in [3.8, 4) is 0 Å². The van der Waals surface area contributed by atoms with Gasteiger partial charge in [-0.3, -0.25) is 9.59 Å². The van der Waals surface area contributed by atoms with Crippen LogP contribution < -0.4 is 5.32 Å². The third kappa shape index (κ3) is 4.10. The van der Waals surface area contributed by atoms with Crippen molar-refractivity contribution in [3.63, 3.8) is 0 Å². The number of carboxylic acids is 1. The minimum Gasteiger partial charge on any atom is -0.481 e. The largest absolute Gasteiger partial charge is 0.481 e. The number of rotatable bonds is 4. The number of amides is 1.